The fourth-order valence-corrected chi connectivity index (χ4v) is 0. The van der Waals surface area contributed by atoms with E-state index in [4.69, 9.17) is 39.9 Å². The molecule has 0 aromatic heterocycles. The van der Waals surface area contributed by atoms with E-state index in [2.05, 4.69) is 0 Å². The van der Waals surface area contributed by atoms with Crippen LogP contribution in [0.25, 0.3) is 0 Å². The molecule has 0 aliphatic heterocycles. The molecule has 0 saturated heterocycles. The van der Waals surface area contributed by atoms with Gasteiger partial charge >= 0.3 is 5.97 Å². The smallest absolute Gasteiger partial charge is 0.356 e. The lowest BCUT2D eigenvalue weighted by Crippen LogP contribution is -2.16. The third-order valence-electron chi connectivity index (χ3n) is 0.243. The predicted molar refractivity (Wildman–Crippen MR) is 38.0 cm³/mol. The Morgan fingerprint density at radius 1 is 1.22 bits per heavy atom. The summed E-state index contributed by atoms with van der Waals surface area (Å²) >= 11 is 14.4. The zero-order valence-electron chi connectivity index (χ0n) is 4.40. The Kier molecular flexibility index (Phi) is 9.10. The van der Waals surface area contributed by atoms with Crippen LogP contribution in [-0.2, 0) is 4.79 Å². The van der Waals surface area contributed by atoms with Gasteiger partial charge in [0.05, 0.1) is 0 Å². The van der Waals surface area contributed by atoms with Crippen LogP contribution in [0.3, 0.4) is 0 Å². The molecule has 0 atom stereocenters. The number of carboxylic acid groups (broad SMARTS) is 1. The molecule has 0 saturated carbocycles. The largest absolute Gasteiger partial charge is 0.478 e. The Morgan fingerprint density at radius 2 is 1.33 bits per heavy atom. The number of alkyl halides is 3. The fraction of sp³-hybridized carbons (Fsp3) is 0.500. The molecule has 0 radical (unpaired) electrons. The van der Waals surface area contributed by atoms with Gasteiger partial charge in [-0.2, -0.15) is 0 Å². The monoisotopic (exact) mass is 196 g/mol. The molecule has 7 heteroatoms. The Bertz CT molecular complexity index is 90.3. The first-order valence-electron chi connectivity index (χ1n) is 1.24. The number of halogens is 3. The highest BCUT2D eigenvalue weighted by atomic mass is 35.6. The van der Waals surface area contributed by atoms with E-state index in [-0.39, 0.29) is 12.3 Å². The molecular formula is C2H7Cl3N2O2. The standard InChI is InChI=1S/C2HCl3O2.2H3N/c3-2(4,5)1(6)7;;/h(H,6,7);2*1H3. The van der Waals surface area contributed by atoms with Gasteiger partial charge in [-0.25, -0.2) is 4.79 Å². The van der Waals surface area contributed by atoms with E-state index >= 15 is 0 Å². The molecule has 0 amide bonds. The van der Waals surface area contributed by atoms with Crippen LogP contribution >= 0.6 is 34.8 Å². The summed E-state index contributed by atoms with van der Waals surface area (Å²) in [5.74, 6) is -1.46. The number of carboxylic acids is 1. The van der Waals surface area contributed by atoms with Gasteiger partial charge in [-0.1, -0.05) is 34.8 Å². The Hall–Kier alpha value is 0.260. The van der Waals surface area contributed by atoms with Crippen molar-refractivity contribution >= 4 is 40.8 Å². The normalized spacial score (nSPS) is 8.78. The van der Waals surface area contributed by atoms with Crippen LogP contribution in [-0.4, -0.2) is 14.9 Å². The van der Waals surface area contributed by atoms with Crippen molar-refractivity contribution in [2.24, 2.45) is 0 Å². The lowest BCUT2D eigenvalue weighted by molar-refractivity contribution is -0.135. The molecule has 0 aliphatic carbocycles. The van der Waals surface area contributed by atoms with Crippen LogP contribution in [0.2, 0.25) is 0 Å². The summed E-state index contributed by atoms with van der Waals surface area (Å²) in [5.41, 5.74) is 0. The molecule has 0 spiro atoms. The van der Waals surface area contributed by atoms with Crippen LogP contribution < -0.4 is 12.3 Å². The van der Waals surface area contributed by atoms with Crippen molar-refractivity contribution in [1.82, 2.24) is 12.3 Å². The first-order chi connectivity index (χ1) is 2.94. The molecule has 0 aromatic rings. The Morgan fingerprint density at radius 3 is 1.33 bits per heavy atom. The first-order valence-corrected chi connectivity index (χ1v) is 2.38. The Balaban J connectivity index is -0.000000180. The first kappa shape index (κ1) is 16.1. The zero-order valence-corrected chi connectivity index (χ0v) is 6.67. The van der Waals surface area contributed by atoms with Gasteiger partial charge < -0.3 is 17.4 Å². The van der Waals surface area contributed by atoms with Crippen LogP contribution in [0.15, 0.2) is 0 Å². The number of hydrogen-bond donors (Lipinski definition) is 3. The van der Waals surface area contributed by atoms with Crippen molar-refractivity contribution < 1.29 is 9.90 Å². The van der Waals surface area contributed by atoms with E-state index in [0.29, 0.717) is 0 Å². The van der Waals surface area contributed by atoms with Crippen molar-refractivity contribution in [2.45, 2.75) is 3.79 Å². The minimum absolute atomic E-state index is 0. The second kappa shape index (κ2) is 5.08. The van der Waals surface area contributed by atoms with Crippen molar-refractivity contribution in [2.75, 3.05) is 0 Å². The molecular weight excluding hydrogens is 190 g/mol. The lowest BCUT2D eigenvalue weighted by Gasteiger charge is -1.99. The van der Waals surface area contributed by atoms with Gasteiger partial charge in [-0.05, 0) is 0 Å². The van der Waals surface area contributed by atoms with Gasteiger partial charge in [-0.3, -0.25) is 0 Å². The van der Waals surface area contributed by atoms with Gasteiger partial charge in [0.15, 0.2) is 0 Å². The minimum Gasteiger partial charge on any atom is -0.478 e. The highest BCUT2D eigenvalue weighted by Crippen LogP contribution is 2.25. The third kappa shape index (κ3) is 8.26. The molecule has 0 bridgehead atoms. The average Bonchev–Trinajstić information content (AvgIpc) is 1.31. The second-order valence-electron chi connectivity index (χ2n) is 0.803. The van der Waals surface area contributed by atoms with Crippen molar-refractivity contribution in [1.29, 1.82) is 0 Å². The van der Waals surface area contributed by atoms with Gasteiger partial charge in [0.1, 0.15) is 0 Å². The maximum atomic E-state index is 9.62. The van der Waals surface area contributed by atoms with Crippen molar-refractivity contribution in [3.8, 4) is 0 Å². The molecule has 0 heterocycles. The van der Waals surface area contributed by atoms with E-state index in [9.17, 15) is 4.79 Å². The molecule has 0 aliphatic rings. The quantitative estimate of drug-likeness (QED) is 0.514. The number of carbonyl (C=O) groups is 1. The lowest BCUT2D eigenvalue weighted by atomic mass is 10.8. The van der Waals surface area contributed by atoms with Crippen molar-refractivity contribution in [3.63, 3.8) is 0 Å². The van der Waals surface area contributed by atoms with Gasteiger partial charge in [0.25, 0.3) is 3.79 Å². The summed E-state index contributed by atoms with van der Waals surface area (Å²) < 4.78 is -2.17. The third-order valence-corrected chi connectivity index (χ3v) is 0.728. The minimum atomic E-state index is -2.17. The summed E-state index contributed by atoms with van der Waals surface area (Å²) in [5, 5.41) is 7.85. The van der Waals surface area contributed by atoms with E-state index in [1.54, 1.807) is 0 Å². The zero-order chi connectivity index (χ0) is 6.08. The highest BCUT2D eigenvalue weighted by Gasteiger charge is 2.29. The topological polar surface area (TPSA) is 107 Å². The van der Waals surface area contributed by atoms with Crippen LogP contribution in [0.4, 0.5) is 0 Å². The molecule has 0 unspecified atom stereocenters. The summed E-state index contributed by atoms with van der Waals surface area (Å²) in [7, 11) is 0. The SMILES string of the molecule is N.N.O=C(O)C(Cl)(Cl)Cl. The van der Waals surface area contributed by atoms with E-state index in [1.807, 2.05) is 0 Å². The van der Waals surface area contributed by atoms with Crippen LogP contribution in [0.1, 0.15) is 0 Å². The fourth-order valence-electron chi connectivity index (χ4n) is 0. The molecule has 0 rings (SSSR count). The van der Waals surface area contributed by atoms with E-state index in [0.717, 1.165) is 0 Å². The van der Waals surface area contributed by atoms with Gasteiger partial charge in [0, 0.05) is 0 Å². The molecule has 58 valence electrons. The predicted octanol–water partition coefficient (Wildman–Crippen LogP) is 1.77. The number of hydrogen-bond acceptors (Lipinski definition) is 3. The van der Waals surface area contributed by atoms with Crippen LogP contribution in [0, 0.1) is 0 Å². The maximum Gasteiger partial charge on any atom is 0.356 e. The molecule has 0 fully saturated rings. The number of rotatable bonds is 0. The molecule has 9 heavy (non-hydrogen) atoms. The maximum absolute atomic E-state index is 9.62. The summed E-state index contributed by atoms with van der Waals surface area (Å²) in [4.78, 5) is 9.62. The Labute approximate surface area is 67.2 Å². The van der Waals surface area contributed by atoms with Crippen LogP contribution in [0.5, 0.6) is 0 Å². The highest BCUT2D eigenvalue weighted by molar-refractivity contribution is 6.75. The molecule has 0 aromatic carbocycles. The summed E-state index contributed by atoms with van der Waals surface area (Å²) in [6.07, 6.45) is 0. The molecule has 7 N–H and O–H groups in total. The average molecular weight is 197 g/mol. The van der Waals surface area contributed by atoms with E-state index in [1.165, 1.54) is 0 Å². The van der Waals surface area contributed by atoms with Gasteiger partial charge in [0.2, 0.25) is 0 Å². The van der Waals surface area contributed by atoms with Crippen molar-refractivity contribution in [3.05, 3.63) is 0 Å². The van der Waals surface area contributed by atoms with Gasteiger partial charge in [-0.15, -0.1) is 0 Å². The van der Waals surface area contributed by atoms with E-state index < -0.39 is 9.76 Å². The summed E-state index contributed by atoms with van der Waals surface area (Å²) in [6, 6.07) is 0. The molecule has 4 nitrogen and oxygen atoms in total. The summed E-state index contributed by atoms with van der Waals surface area (Å²) in [6.45, 7) is 0. The second-order valence-corrected chi connectivity index (χ2v) is 3.08. The number of aliphatic carboxylic acids is 1.